The van der Waals surface area contributed by atoms with E-state index in [4.69, 9.17) is 10.2 Å². The largest absolute Gasteiger partial charge is 0.417 e. The molecule has 0 aliphatic rings. The summed E-state index contributed by atoms with van der Waals surface area (Å²) in [5, 5.41) is 2.72. The molecule has 0 aliphatic heterocycles. The number of H-pyrrole nitrogens is 1. The first-order valence-electron chi connectivity index (χ1n) is 5.32. The Kier molecular flexibility index (Phi) is 3.24. The van der Waals surface area contributed by atoms with Crippen LogP contribution < -0.4 is 16.8 Å². The molecule has 0 aliphatic carbocycles. The quantitative estimate of drug-likeness (QED) is 0.729. The number of amides is 1. The van der Waals surface area contributed by atoms with Gasteiger partial charge in [0.1, 0.15) is 0 Å². The first kappa shape index (κ1) is 11.4. The summed E-state index contributed by atoms with van der Waals surface area (Å²) >= 11 is 0. The predicted molar refractivity (Wildman–Crippen MR) is 63.8 cm³/mol. The molecule has 2 rings (SSSR count). The first-order chi connectivity index (χ1) is 8.19. The fourth-order valence-electron chi connectivity index (χ4n) is 1.52. The maximum Gasteiger partial charge on any atom is 0.417 e. The number of carbonyl (C=O) groups excluding carboxylic acids is 1. The Hall–Kier alpha value is -2.08. The fraction of sp³-hybridized carbons (Fsp3) is 0.273. The van der Waals surface area contributed by atoms with Crippen LogP contribution in [0.25, 0.3) is 11.1 Å². The topological polar surface area (TPSA) is 101 Å². The molecule has 0 spiro atoms. The van der Waals surface area contributed by atoms with Crippen LogP contribution in [-0.2, 0) is 4.79 Å². The van der Waals surface area contributed by atoms with E-state index in [9.17, 15) is 9.59 Å². The summed E-state index contributed by atoms with van der Waals surface area (Å²) < 4.78 is 4.85. The molecule has 6 heteroatoms. The van der Waals surface area contributed by atoms with Gasteiger partial charge in [0.25, 0.3) is 0 Å². The van der Waals surface area contributed by atoms with E-state index in [0.717, 1.165) is 0 Å². The number of anilines is 1. The van der Waals surface area contributed by atoms with Crippen LogP contribution in [0.3, 0.4) is 0 Å². The number of nitrogens with one attached hydrogen (secondary N) is 2. The molecule has 0 unspecified atom stereocenters. The summed E-state index contributed by atoms with van der Waals surface area (Å²) in [6, 6.07) is 4.96. The number of nitrogens with two attached hydrogens (primary N) is 1. The van der Waals surface area contributed by atoms with Crippen LogP contribution in [0.4, 0.5) is 5.69 Å². The zero-order valence-corrected chi connectivity index (χ0v) is 9.16. The van der Waals surface area contributed by atoms with E-state index >= 15 is 0 Å². The van der Waals surface area contributed by atoms with Gasteiger partial charge in [0.05, 0.1) is 5.52 Å². The molecule has 0 bridgehead atoms. The number of carbonyl (C=O) groups is 1. The van der Waals surface area contributed by atoms with Gasteiger partial charge in [0.15, 0.2) is 5.58 Å². The van der Waals surface area contributed by atoms with Gasteiger partial charge in [0, 0.05) is 12.1 Å². The van der Waals surface area contributed by atoms with Crippen molar-refractivity contribution in [3.05, 3.63) is 28.7 Å². The Bertz CT molecular complexity index is 585. The van der Waals surface area contributed by atoms with Gasteiger partial charge in [0.2, 0.25) is 5.91 Å². The van der Waals surface area contributed by atoms with Crippen molar-refractivity contribution in [3.8, 4) is 0 Å². The minimum Gasteiger partial charge on any atom is -0.408 e. The van der Waals surface area contributed by atoms with Crippen molar-refractivity contribution >= 4 is 22.7 Å². The molecule has 0 saturated heterocycles. The average Bonchev–Trinajstić information content (AvgIpc) is 2.65. The second-order valence-electron chi connectivity index (χ2n) is 3.67. The molecule has 1 amide bonds. The molecular weight excluding hydrogens is 222 g/mol. The third-order valence-corrected chi connectivity index (χ3v) is 2.31. The lowest BCUT2D eigenvalue weighted by Crippen LogP contribution is -2.13. The van der Waals surface area contributed by atoms with Crippen molar-refractivity contribution in [2.45, 2.75) is 12.8 Å². The highest BCUT2D eigenvalue weighted by Gasteiger charge is 2.05. The van der Waals surface area contributed by atoms with Gasteiger partial charge >= 0.3 is 5.76 Å². The number of hydrogen-bond acceptors (Lipinski definition) is 4. The van der Waals surface area contributed by atoms with Crippen molar-refractivity contribution in [2.24, 2.45) is 5.73 Å². The molecule has 2 aromatic rings. The SMILES string of the molecule is NCCCC(=O)Nc1ccc2oc(=O)[nH]c2c1. The smallest absolute Gasteiger partial charge is 0.408 e. The summed E-state index contributed by atoms with van der Waals surface area (Å²) in [6.45, 7) is 0.488. The molecule has 17 heavy (non-hydrogen) atoms. The summed E-state index contributed by atoms with van der Waals surface area (Å²) in [5.74, 6) is -0.604. The lowest BCUT2D eigenvalue weighted by Gasteiger charge is -2.03. The standard InChI is InChI=1S/C11H13N3O3/c12-5-1-2-10(15)13-7-3-4-9-8(6-7)14-11(16)17-9/h3-4,6H,1-2,5,12H2,(H,13,15)(H,14,16). The normalized spacial score (nSPS) is 10.6. The van der Waals surface area contributed by atoms with Crippen LogP contribution in [0.1, 0.15) is 12.8 Å². The van der Waals surface area contributed by atoms with Gasteiger partial charge in [-0.05, 0) is 31.2 Å². The van der Waals surface area contributed by atoms with Crippen molar-refractivity contribution in [1.29, 1.82) is 0 Å². The maximum atomic E-state index is 11.5. The maximum absolute atomic E-state index is 11.5. The third kappa shape index (κ3) is 2.73. The van der Waals surface area contributed by atoms with Crippen LogP contribution >= 0.6 is 0 Å². The Morgan fingerprint density at radius 2 is 2.29 bits per heavy atom. The highest BCUT2D eigenvalue weighted by molar-refractivity contribution is 5.92. The molecule has 0 atom stereocenters. The fourth-order valence-corrected chi connectivity index (χ4v) is 1.52. The van der Waals surface area contributed by atoms with Crippen molar-refractivity contribution in [3.63, 3.8) is 0 Å². The van der Waals surface area contributed by atoms with Crippen LogP contribution in [0, 0.1) is 0 Å². The Morgan fingerprint density at radius 3 is 3.06 bits per heavy atom. The zero-order valence-electron chi connectivity index (χ0n) is 9.16. The Morgan fingerprint density at radius 1 is 1.47 bits per heavy atom. The molecule has 0 saturated carbocycles. The van der Waals surface area contributed by atoms with Crippen molar-refractivity contribution in [1.82, 2.24) is 4.98 Å². The lowest BCUT2D eigenvalue weighted by molar-refractivity contribution is -0.116. The van der Waals surface area contributed by atoms with Gasteiger partial charge in [-0.3, -0.25) is 9.78 Å². The lowest BCUT2D eigenvalue weighted by atomic mass is 10.2. The Balaban J connectivity index is 2.13. The van der Waals surface area contributed by atoms with E-state index < -0.39 is 5.76 Å². The second kappa shape index (κ2) is 4.84. The van der Waals surface area contributed by atoms with E-state index in [1.807, 2.05) is 0 Å². The summed E-state index contributed by atoms with van der Waals surface area (Å²) in [5.41, 5.74) is 6.97. The van der Waals surface area contributed by atoms with Gasteiger partial charge in [-0.15, -0.1) is 0 Å². The van der Waals surface area contributed by atoms with Crippen LogP contribution in [0.15, 0.2) is 27.4 Å². The second-order valence-corrected chi connectivity index (χ2v) is 3.67. The number of rotatable bonds is 4. The molecule has 90 valence electrons. The summed E-state index contributed by atoms with van der Waals surface area (Å²) in [7, 11) is 0. The number of oxazole rings is 1. The van der Waals surface area contributed by atoms with E-state index in [2.05, 4.69) is 10.3 Å². The van der Waals surface area contributed by atoms with Crippen molar-refractivity contribution in [2.75, 3.05) is 11.9 Å². The minimum atomic E-state index is -0.508. The zero-order chi connectivity index (χ0) is 12.3. The molecule has 1 aromatic carbocycles. The van der Waals surface area contributed by atoms with Gasteiger partial charge in [-0.2, -0.15) is 0 Å². The monoisotopic (exact) mass is 235 g/mol. The number of benzene rings is 1. The summed E-state index contributed by atoms with van der Waals surface area (Å²) in [4.78, 5) is 24.9. The number of hydrogen-bond donors (Lipinski definition) is 3. The van der Waals surface area contributed by atoms with E-state index in [1.165, 1.54) is 0 Å². The third-order valence-electron chi connectivity index (χ3n) is 2.31. The number of fused-ring (bicyclic) bond motifs is 1. The van der Waals surface area contributed by atoms with E-state index in [0.29, 0.717) is 36.2 Å². The average molecular weight is 235 g/mol. The van der Waals surface area contributed by atoms with Gasteiger partial charge < -0.3 is 15.5 Å². The number of aromatic nitrogens is 1. The van der Waals surface area contributed by atoms with Crippen LogP contribution in [-0.4, -0.2) is 17.4 Å². The predicted octanol–water partition coefficient (Wildman–Crippen LogP) is 0.798. The van der Waals surface area contributed by atoms with E-state index in [1.54, 1.807) is 18.2 Å². The highest BCUT2D eigenvalue weighted by Crippen LogP contribution is 2.16. The molecular formula is C11H13N3O3. The molecule has 1 aromatic heterocycles. The van der Waals surface area contributed by atoms with Crippen LogP contribution in [0.5, 0.6) is 0 Å². The molecule has 0 radical (unpaired) electrons. The Labute approximate surface area is 96.8 Å². The van der Waals surface area contributed by atoms with Crippen LogP contribution in [0.2, 0.25) is 0 Å². The minimum absolute atomic E-state index is 0.0966. The molecule has 1 heterocycles. The molecule has 4 N–H and O–H groups in total. The van der Waals surface area contributed by atoms with Gasteiger partial charge in [-0.1, -0.05) is 0 Å². The van der Waals surface area contributed by atoms with E-state index in [-0.39, 0.29) is 5.91 Å². The number of aromatic amines is 1. The molecule has 0 fully saturated rings. The first-order valence-corrected chi connectivity index (χ1v) is 5.32. The van der Waals surface area contributed by atoms with Gasteiger partial charge in [-0.25, -0.2) is 4.79 Å². The molecule has 6 nitrogen and oxygen atoms in total. The summed E-state index contributed by atoms with van der Waals surface area (Å²) in [6.07, 6.45) is 1.03. The highest BCUT2D eigenvalue weighted by atomic mass is 16.4. The van der Waals surface area contributed by atoms with Crippen molar-refractivity contribution < 1.29 is 9.21 Å².